The first kappa shape index (κ1) is 7.35. The Labute approximate surface area is 71.8 Å². The lowest BCUT2D eigenvalue weighted by atomic mass is 10.1. The summed E-state index contributed by atoms with van der Waals surface area (Å²) < 4.78 is 0. The molecule has 2 nitrogen and oxygen atoms in total. The highest BCUT2D eigenvalue weighted by Gasteiger charge is 2.47. The molecule has 1 aliphatic rings. The van der Waals surface area contributed by atoms with Gasteiger partial charge in [0.15, 0.2) is 5.60 Å². The van der Waals surface area contributed by atoms with Gasteiger partial charge in [0.05, 0.1) is 0 Å². The van der Waals surface area contributed by atoms with E-state index in [9.17, 15) is 0 Å². The third-order valence-electron chi connectivity index (χ3n) is 2.24. The van der Waals surface area contributed by atoms with Gasteiger partial charge in [-0.15, -0.1) is 5.16 Å². The van der Waals surface area contributed by atoms with Crippen molar-refractivity contribution in [1.29, 1.82) is 0 Å². The number of hydrogen-bond donors (Lipinski definition) is 0. The van der Waals surface area contributed by atoms with E-state index in [0.717, 1.165) is 12.8 Å². The minimum Gasteiger partial charge on any atom is -0.385 e. The van der Waals surface area contributed by atoms with E-state index in [0.29, 0.717) is 0 Å². The largest absolute Gasteiger partial charge is 0.385 e. The van der Waals surface area contributed by atoms with E-state index in [1.54, 1.807) is 0 Å². The summed E-state index contributed by atoms with van der Waals surface area (Å²) in [6.07, 6.45) is 2.10. The van der Waals surface area contributed by atoms with Gasteiger partial charge in [-0.1, -0.05) is 30.3 Å². The topological polar surface area (TPSA) is 21.6 Å². The van der Waals surface area contributed by atoms with Crippen LogP contribution in [0.1, 0.15) is 18.4 Å². The molecule has 0 aromatic heterocycles. The Morgan fingerprint density at radius 3 is 2.42 bits per heavy atom. The van der Waals surface area contributed by atoms with Gasteiger partial charge in [0.1, 0.15) is 0 Å². The number of rotatable bonds is 3. The van der Waals surface area contributed by atoms with Crippen molar-refractivity contribution >= 4 is 6.72 Å². The molecule has 0 atom stereocenters. The summed E-state index contributed by atoms with van der Waals surface area (Å²) in [6.45, 7) is 3.34. The van der Waals surface area contributed by atoms with Gasteiger partial charge in [-0.2, -0.15) is 0 Å². The van der Waals surface area contributed by atoms with Gasteiger partial charge in [0, 0.05) is 6.72 Å². The summed E-state index contributed by atoms with van der Waals surface area (Å²) in [5, 5.41) is 3.50. The van der Waals surface area contributed by atoms with Crippen LogP contribution in [0.4, 0.5) is 0 Å². The Hall–Kier alpha value is -1.31. The maximum absolute atomic E-state index is 5.24. The summed E-state index contributed by atoms with van der Waals surface area (Å²) in [5.41, 5.74) is 1.07. The molecule has 0 spiro atoms. The Balaban J connectivity index is 2.25. The lowest BCUT2D eigenvalue weighted by Gasteiger charge is -2.12. The van der Waals surface area contributed by atoms with Gasteiger partial charge in [-0.25, -0.2) is 0 Å². The SMILES string of the molecule is C=NOC1(c2ccccc2)CC1. The average Bonchev–Trinajstić information content (AvgIpc) is 2.88. The van der Waals surface area contributed by atoms with Crippen molar-refractivity contribution in [2.75, 3.05) is 0 Å². The molecule has 1 aliphatic carbocycles. The fraction of sp³-hybridized carbons (Fsp3) is 0.300. The molecule has 2 heteroatoms. The van der Waals surface area contributed by atoms with Crippen LogP contribution < -0.4 is 0 Å². The molecule has 0 amide bonds. The molecule has 0 saturated heterocycles. The van der Waals surface area contributed by atoms with Crippen LogP contribution in [0.2, 0.25) is 0 Å². The molecular formula is C10H11NO. The first-order chi connectivity index (χ1) is 5.87. The second-order valence-electron chi connectivity index (χ2n) is 3.08. The smallest absolute Gasteiger partial charge is 0.163 e. The minimum absolute atomic E-state index is 0.136. The average molecular weight is 161 g/mol. The fourth-order valence-electron chi connectivity index (χ4n) is 1.41. The van der Waals surface area contributed by atoms with Crippen LogP contribution in [0.15, 0.2) is 35.5 Å². The molecule has 1 saturated carbocycles. The van der Waals surface area contributed by atoms with E-state index < -0.39 is 0 Å². The van der Waals surface area contributed by atoms with Gasteiger partial charge in [0.2, 0.25) is 0 Å². The third-order valence-corrected chi connectivity index (χ3v) is 2.24. The van der Waals surface area contributed by atoms with Crippen LogP contribution in [0, 0.1) is 0 Å². The molecule has 12 heavy (non-hydrogen) atoms. The van der Waals surface area contributed by atoms with Gasteiger partial charge < -0.3 is 4.84 Å². The molecule has 0 bridgehead atoms. The zero-order valence-electron chi connectivity index (χ0n) is 6.86. The van der Waals surface area contributed by atoms with Crippen molar-refractivity contribution in [3.05, 3.63) is 35.9 Å². The Morgan fingerprint density at radius 1 is 1.25 bits per heavy atom. The lowest BCUT2D eigenvalue weighted by molar-refractivity contribution is 0.0372. The molecule has 0 unspecified atom stereocenters. The van der Waals surface area contributed by atoms with E-state index in [1.807, 2.05) is 18.2 Å². The van der Waals surface area contributed by atoms with Crippen molar-refractivity contribution in [1.82, 2.24) is 0 Å². The first-order valence-corrected chi connectivity index (χ1v) is 4.07. The van der Waals surface area contributed by atoms with E-state index in [2.05, 4.69) is 24.0 Å². The molecular weight excluding hydrogens is 150 g/mol. The molecule has 0 aliphatic heterocycles. The molecule has 1 aromatic rings. The van der Waals surface area contributed by atoms with Gasteiger partial charge in [-0.3, -0.25) is 0 Å². The van der Waals surface area contributed by atoms with Crippen molar-refractivity contribution < 1.29 is 4.84 Å². The molecule has 2 rings (SSSR count). The Morgan fingerprint density at radius 2 is 1.92 bits per heavy atom. The predicted molar refractivity (Wildman–Crippen MR) is 48.0 cm³/mol. The summed E-state index contributed by atoms with van der Waals surface area (Å²) >= 11 is 0. The number of benzene rings is 1. The van der Waals surface area contributed by atoms with Crippen LogP contribution in [0.3, 0.4) is 0 Å². The molecule has 0 N–H and O–H groups in total. The van der Waals surface area contributed by atoms with E-state index in [4.69, 9.17) is 4.84 Å². The van der Waals surface area contributed by atoms with Crippen molar-refractivity contribution in [3.63, 3.8) is 0 Å². The highest BCUT2D eigenvalue weighted by Crippen LogP contribution is 2.49. The monoisotopic (exact) mass is 161 g/mol. The third kappa shape index (κ3) is 1.09. The zero-order chi connectivity index (χ0) is 8.44. The standard InChI is InChI=1S/C10H11NO/c1-11-12-10(7-8-10)9-5-3-2-4-6-9/h2-6H,1,7-8H2. The molecule has 1 aromatic carbocycles. The highest BCUT2D eigenvalue weighted by molar-refractivity contribution is 5.28. The molecule has 0 heterocycles. The van der Waals surface area contributed by atoms with Crippen molar-refractivity contribution in [2.24, 2.45) is 5.16 Å². The summed E-state index contributed by atoms with van der Waals surface area (Å²) in [7, 11) is 0. The Kier molecular flexibility index (Phi) is 1.61. The van der Waals surface area contributed by atoms with Crippen LogP contribution in [0.5, 0.6) is 0 Å². The molecule has 0 radical (unpaired) electrons. The number of hydrogen-bond acceptors (Lipinski definition) is 2. The predicted octanol–water partition coefficient (Wildman–Crippen LogP) is 2.31. The van der Waals surface area contributed by atoms with Crippen molar-refractivity contribution in [2.45, 2.75) is 18.4 Å². The summed E-state index contributed by atoms with van der Waals surface area (Å²) in [5.74, 6) is 0. The summed E-state index contributed by atoms with van der Waals surface area (Å²) in [4.78, 5) is 5.24. The second-order valence-corrected chi connectivity index (χ2v) is 3.08. The van der Waals surface area contributed by atoms with Gasteiger partial charge in [-0.05, 0) is 18.4 Å². The Bertz CT molecular complexity index is 277. The first-order valence-electron chi connectivity index (χ1n) is 4.07. The number of nitrogens with zero attached hydrogens (tertiary/aromatic N) is 1. The van der Waals surface area contributed by atoms with E-state index in [1.165, 1.54) is 5.56 Å². The van der Waals surface area contributed by atoms with Gasteiger partial charge >= 0.3 is 0 Å². The summed E-state index contributed by atoms with van der Waals surface area (Å²) in [6, 6.07) is 10.2. The lowest BCUT2D eigenvalue weighted by Crippen LogP contribution is -2.07. The number of oxime groups is 1. The highest BCUT2D eigenvalue weighted by atomic mass is 16.7. The van der Waals surface area contributed by atoms with Crippen LogP contribution in [-0.2, 0) is 10.4 Å². The normalized spacial score (nSPS) is 18.3. The quantitative estimate of drug-likeness (QED) is 0.492. The van der Waals surface area contributed by atoms with Gasteiger partial charge in [0.25, 0.3) is 0 Å². The fourth-order valence-corrected chi connectivity index (χ4v) is 1.41. The minimum atomic E-state index is -0.136. The van der Waals surface area contributed by atoms with Crippen LogP contribution in [-0.4, -0.2) is 6.72 Å². The zero-order valence-corrected chi connectivity index (χ0v) is 6.86. The second kappa shape index (κ2) is 2.63. The molecule has 1 fully saturated rings. The van der Waals surface area contributed by atoms with E-state index >= 15 is 0 Å². The van der Waals surface area contributed by atoms with Crippen LogP contribution >= 0.6 is 0 Å². The van der Waals surface area contributed by atoms with Crippen molar-refractivity contribution in [3.8, 4) is 0 Å². The van der Waals surface area contributed by atoms with Crippen LogP contribution in [0.25, 0.3) is 0 Å². The maximum atomic E-state index is 5.24. The van der Waals surface area contributed by atoms with E-state index in [-0.39, 0.29) is 5.60 Å². The maximum Gasteiger partial charge on any atom is 0.163 e. The molecule has 62 valence electrons.